The maximum absolute atomic E-state index is 11.7. The lowest BCUT2D eigenvalue weighted by molar-refractivity contribution is 0.0169. The molecule has 0 aliphatic carbocycles. The number of Topliss-reactive ketones (excluding diaryl/α,β-unsaturated/α-hetero) is 1. The standard InChI is InChI=1S/C8H11F2N3O2/c1-13-6(4-11-12-13)7(14)2-3-15-5-8(9)10/h4,8H,2-3,5H2,1H3. The van der Waals surface area contributed by atoms with Gasteiger partial charge >= 0.3 is 0 Å². The first-order chi connectivity index (χ1) is 7.11. The van der Waals surface area contributed by atoms with Crippen molar-refractivity contribution in [3.8, 4) is 0 Å². The maximum atomic E-state index is 11.7. The summed E-state index contributed by atoms with van der Waals surface area (Å²) in [5.74, 6) is -0.225. The third-order valence-electron chi connectivity index (χ3n) is 1.72. The Morgan fingerprint density at radius 1 is 1.67 bits per heavy atom. The van der Waals surface area contributed by atoms with Crippen molar-refractivity contribution in [1.29, 1.82) is 0 Å². The Hall–Kier alpha value is -1.37. The van der Waals surface area contributed by atoms with Gasteiger partial charge in [0.2, 0.25) is 0 Å². The number of hydrogen-bond acceptors (Lipinski definition) is 4. The Kier molecular flexibility index (Phi) is 4.29. The molecule has 0 saturated carbocycles. The van der Waals surface area contributed by atoms with Gasteiger partial charge in [0, 0.05) is 13.5 Å². The molecule has 0 fully saturated rings. The van der Waals surface area contributed by atoms with Crippen LogP contribution >= 0.6 is 0 Å². The molecule has 7 heteroatoms. The molecule has 0 N–H and O–H groups in total. The van der Waals surface area contributed by atoms with E-state index in [9.17, 15) is 13.6 Å². The van der Waals surface area contributed by atoms with Crippen LogP contribution in [0.2, 0.25) is 0 Å². The number of aromatic nitrogens is 3. The predicted molar refractivity (Wildman–Crippen MR) is 46.8 cm³/mol. The normalized spacial score (nSPS) is 10.9. The van der Waals surface area contributed by atoms with Crippen molar-refractivity contribution in [1.82, 2.24) is 15.0 Å². The second-order valence-electron chi connectivity index (χ2n) is 2.88. The highest BCUT2D eigenvalue weighted by Crippen LogP contribution is 2.00. The number of aryl methyl sites for hydroxylation is 1. The van der Waals surface area contributed by atoms with Gasteiger partial charge in [-0.2, -0.15) is 0 Å². The van der Waals surface area contributed by atoms with E-state index in [1.165, 1.54) is 10.9 Å². The molecule has 0 unspecified atom stereocenters. The number of nitrogens with zero attached hydrogens (tertiary/aromatic N) is 3. The van der Waals surface area contributed by atoms with Crippen LogP contribution in [0, 0.1) is 0 Å². The number of carbonyl (C=O) groups excluding carboxylic acids is 1. The number of hydrogen-bond donors (Lipinski definition) is 0. The first-order valence-corrected chi connectivity index (χ1v) is 4.35. The van der Waals surface area contributed by atoms with Crippen molar-refractivity contribution in [3.05, 3.63) is 11.9 Å². The summed E-state index contributed by atoms with van der Waals surface area (Å²) in [4.78, 5) is 11.4. The van der Waals surface area contributed by atoms with E-state index in [-0.39, 0.29) is 18.8 Å². The molecule has 0 spiro atoms. The van der Waals surface area contributed by atoms with Crippen LogP contribution in [-0.4, -0.2) is 40.4 Å². The highest BCUT2D eigenvalue weighted by molar-refractivity contribution is 5.94. The van der Waals surface area contributed by atoms with Crippen LogP contribution in [-0.2, 0) is 11.8 Å². The van der Waals surface area contributed by atoms with Gasteiger partial charge in [-0.15, -0.1) is 5.10 Å². The van der Waals surface area contributed by atoms with Crippen LogP contribution in [0.3, 0.4) is 0 Å². The Labute approximate surface area is 85.0 Å². The fourth-order valence-electron chi connectivity index (χ4n) is 1.01. The van der Waals surface area contributed by atoms with E-state index in [0.717, 1.165) is 0 Å². The summed E-state index contributed by atoms with van der Waals surface area (Å²) in [6.45, 7) is -0.661. The average molecular weight is 219 g/mol. The summed E-state index contributed by atoms with van der Waals surface area (Å²) in [6, 6.07) is 0. The molecule has 1 heterocycles. The van der Waals surface area contributed by atoms with Gasteiger partial charge in [0.25, 0.3) is 6.43 Å². The Bertz CT molecular complexity index is 327. The Morgan fingerprint density at radius 3 is 2.93 bits per heavy atom. The second-order valence-corrected chi connectivity index (χ2v) is 2.88. The molecular formula is C8H11F2N3O2. The highest BCUT2D eigenvalue weighted by Gasteiger charge is 2.11. The molecule has 15 heavy (non-hydrogen) atoms. The van der Waals surface area contributed by atoms with Gasteiger partial charge in [0.15, 0.2) is 5.78 Å². The van der Waals surface area contributed by atoms with E-state index in [2.05, 4.69) is 15.0 Å². The lowest BCUT2D eigenvalue weighted by Gasteiger charge is -2.02. The number of alkyl halides is 2. The topological polar surface area (TPSA) is 57.0 Å². The molecule has 5 nitrogen and oxygen atoms in total. The first kappa shape index (κ1) is 11.7. The van der Waals surface area contributed by atoms with Gasteiger partial charge < -0.3 is 4.74 Å². The largest absolute Gasteiger partial charge is 0.375 e. The van der Waals surface area contributed by atoms with Crippen LogP contribution in [0.5, 0.6) is 0 Å². The van der Waals surface area contributed by atoms with E-state index in [0.29, 0.717) is 5.69 Å². The molecule has 0 bridgehead atoms. The smallest absolute Gasteiger partial charge is 0.261 e. The molecule has 1 aromatic heterocycles. The minimum atomic E-state index is -2.50. The van der Waals surface area contributed by atoms with Crippen molar-refractivity contribution in [2.75, 3.05) is 13.2 Å². The van der Waals surface area contributed by atoms with Crippen LogP contribution in [0.15, 0.2) is 6.20 Å². The van der Waals surface area contributed by atoms with E-state index in [1.807, 2.05) is 0 Å². The third kappa shape index (κ3) is 3.70. The maximum Gasteiger partial charge on any atom is 0.261 e. The molecular weight excluding hydrogens is 208 g/mol. The molecule has 0 radical (unpaired) electrons. The summed E-state index contributed by atoms with van der Waals surface area (Å²) in [7, 11) is 1.58. The quantitative estimate of drug-likeness (QED) is 0.521. The van der Waals surface area contributed by atoms with E-state index < -0.39 is 13.0 Å². The minimum Gasteiger partial charge on any atom is -0.375 e. The van der Waals surface area contributed by atoms with Gasteiger partial charge in [0.05, 0.1) is 12.8 Å². The fraction of sp³-hybridized carbons (Fsp3) is 0.625. The van der Waals surface area contributed by atoms with Crippen LogP contribution in [0.25, 0.3) is 0 Å². The molecule has 0 aliphatic rings. The fourth-order valence-corrected chi connectivity index (χ4v) is 1.01. The molecule has 0 atom stereocenters. The van der Waals surface area contributed by atoms with Crippen molar-refractivity contribution in [2.45, 2.75) is 12.8 Å². The first-order valence-electron chi connectivity index (χ1n) is 4.35. The van der Waals surface area contributed by atoms with Crippen LogP contribution in [0.4, 0.5) is 8.78 Å². The minimum absolute atomic E-state index is 0.0195. The average Bonchev–Trinajstić information content (AvgIpc) is 2.58. The Morgan fingerprint density at radius 2 is 2.40 bits per heavy atom. The summed E-state index contributed by atoms with van der Waals surface area (Å²) >= 11 is 0. The third-order valence-corrected chi connectivity index (χ3v) is 1.72. The zero-order valence-electron chi connectivity index (χ0n) is 8.19. The van der Waals surface area contributed by atoms with Gasteiger partial charge in [-0.05, 0) is 0 Å². The van der Waals surface area contributed by atoms with Crippen molar-refractivity contribution < 1.29 is 18.3 Å². The van der Waals surface area contributed by atoms with Crippen LogP contribution < -0.4 is 0 Å². The van der Waals surface area contributed by atoms with Gasteiger partial charge in [0.1, 0.15) is 12.3 Å². The zero-order chi connectivity index (χ0) is 11.3. The number of ether oxygens (including phenoxy) is 1. The monoisotopic (exact) mass is 219 g/mol. The predicted octanol–water partition coefficient (Wildman–Crippen LogP) is 0.670. The molecule has 0 aliphatic heterocycles. The van der Waals surface area contributed by atoms with E-state index in [1.54, 1.807) is 7.05 Å². The summed E-state index contributed by atoms with van der Waals surface area (Å²) < 4.78 is 29.2. The summed E-state index contributed by atoms with van der Waals surface area (Å²) in [5.41, 5.74) is 0.343. The zero-order valence-corrected chi connectivity index (χ0v) is 8.19. The molecule has 1 aromatic rings. The van der Waals surface area contributed by atoms with E-state index in [4.69, 9.17) is 0 Å². The van der Waals surface area contributed by atoms with Gasteiger partial charge in [-0.25, -0.2) is 13.5 Å². The highest BCUT2D eigenvalue weighted by atomic mass is 19.3. The van der Waals surface area contributed by atoms with Crippen molar-refractivity contribution in [3.63, 3.8) is 0 Å². The lowest BCUT2D eigenvalue weighted by Crippen LogP contribution is -2.12. The van der Waals surface area contributed by atoms with Crippen molar-refractivity contribution in [2.24, 2.45) is 7.05 Å². The number of ketones is 1. The van der Waals surface area contributed by atoms with Crippen LogP contribution in [0.1, 0.15) is 16.9 Å². The second kappa shape index (κ2) is 5.50. The summed E-state index contributed by atoms with van der Waals surface area (Å²) in [6.07, 6.45) is -1.12. The molecule has 84 valence electrons. The lowest BCUT2D eigenvalue weighted by atomic mass is 10.2. The number of rotatable bonds is 6. The molecule has 0 amide bonds. The Balaban J connectivity index is 2.28. The molecule has 1 rings (SSSR count). The summed E-state index contributed by atoms with van der Waals surface area (Å²) in [5, 5.41) is 7.11. The number of halogens is 2. The van der Waals surface area contributed by atoms with E-state index >= 15 is 0 Å². The molecule has 0 aromatic carbocycles. The SMILES string of the molecule is Cn1nncc1C(=O)CCOCC(F)F. The van der Waals surface area contributed by atoms with Gasteiger partial charge in [-0.1, -0.05) is 5.21 Å². The van der Waals surface area contributed by atoms with Gasteiger partial charge in [-0.3, -0.25) is 4.79 Å². The molecule has 0 saturated heterocycles. The van der Waals surface area contributed by atoms with Crippen molar-refractivity contribution >= 4 is 5.78 Å². The number of carbonyl (C=O) groups is 1.